The Balaban J connectivity index is 2.02. The van der Waals surface area contributed by atoms with Crippen molar-refractivity contribution in [1.82, 2.24) is 0 Å². The SMILES string of the molecule is CCc1ccc(CC2(C)COC2)cc1. The fourth-order valence-electron chi connectivity index (χ4n) is 1.94. The molecule has 0 saturated carbocycles. The molecule has 1 fully saturated rings. The van der Waals surface area contributed by atoms with Gasteiger partial charge in [-0.15, -0.1) is 0 Å². The van der Waals surface area contributed by atoms with Crippen molar-refractivity contribution in [3.05, 3.63) is 35.4 Å². The lowest BCUT2D eigenvalue weighted by molar-refractivity contribution is -0.100. The van der Waals surface area contributed by atoms with Crippen LogP contribution in [0.2, 0.25) is 0 Å². The normalized spacial score (nSPS) is 19.0. The number of ether oxygens (including phenoxy) is 1. The van der Waals surface area contributed by atoms with E-state index in [2.05, 4.69) is 38.1 Å². The molecular formula is C13H18O. The standard InChI is InChI=1S/C13H18O/c1-3-11-4-6-12(7-5-11)8-13(2)9-14-10-13/h4-7H,3,8-10H2,1-2H3. The third kappa shape index (κ3) is 1.98. The molecule has 0 atom stereocenters. The van der Waals surface area contributed by atoms with Crippen LogP contribution in [0.3, 0.4) is 0 Å². The summed E-state index contributed by atoms with van der Waals surface area (Å²) in [6, 6.07) is 8.97. The van der Waals surface area contributed by atoms with E-state index in [0.717, 1.165) is 26.1 Å². The van der Waals surface area contributed by atoms with Crippen LogP contribution in [0, 0.1) is 5.41 Å². The van der Waals surface area contributed by atoms with Gasteiger partial charge in [0.1, 0.15) is 0 Å². The summed E-state index contributed by atoms with van der Waals surface area (Å²) in [5.74, 6) is 0. The van der Waals surface area contributed by atoms with Crippen LogP contribution >= 0.6 is 0 Å². The number of hydrogen-bond acceptors (Lipinski definition) is 1. The topological polar surface area (TPSA) is 9.23 Å². The average molecular weight is 190 g/mol. The predicted octanol–water partition coefficient (Wildman–Crippen LogP) is 2.83. The molecule has 0 N–H and O–H groups in total. The van der Waals surface area contributed by atoms with Crippen LogP contribution in [0.5, 0.6) is 0 Å². The molecule has 76 valence electrons. The number of benzene rings is 1. The first-order valence-corrected chi connectivity index (χ1v) is 5.37. The van der Waals surface area contributed by atoms with Crippen LogP contribution in [0.1, 0.15) is 25.0 Å². The van der Waals surface area contributed by atoms with Crippen molar-refractivity contribution in [2.45, 2.75) is 26.7 Å². The summed E-state index contributed by atoms with van der Waals surface area (Å²) in [6.07, 6.45) is 2.28. The third-order valence-corrected chi connectivity index (χ3v) is 2.96. The van der Waals surface area contributed by atoms with Crippen LogP contribution < -0.4 is 0 Å². The minimum atomic E-state index is 0.397. The molecule has 1 heteroatoms. The first-order chi connectivity index (χ1) is 6.72. The Kier molecular flexibility index (Phi) is 2.60. The minimum absolute atomic E-state index is 0.397. The zero-order valence-corrected chi connectivity index (χ0v) is 9.05. The molecule has 0 spiro atoms. The van der Waals surface area contributed by atoms with Gasteiger partial charge in [0.25, 0.3) is 0 Å². The van der Waals surface area contributed by atoms with E-state index < -0.39 is 0 Å². The molecule has 2 rings (SSSR count). The largest absolute Gasteiger partial charge is 0.380 e. The molecular weight excluding hydrogens is 172 g/mol. The highest BCUT2D eigenvalue weighted by molar-refractivity contribution is 5.23. The van der Waals surface area contributed by atoms with E-state index in [9.17, 15) is 0 Å². The van der Waals surface area contributed by atoms with E-state index in [0.29, 0.717) is 5.41 Å². The predicted molar refractivity (Wildman–Crippen MR) is 58.5 cm³/mol. The Morgan fingerprint density at radius 2 is 1.71 bits per heavy atom. The van der Waals surface area contributed by atoms with Crippen LogP contribution in [0.25, 0.3) is 0 Å². The van der Waals surface area contributed by atoms with Crippen LogP contribution in [0.15, 0.2) is 24.3 Å². The van der Waals surface area contributed by atoms with E-state index >= 15 is 0 Å². The fourth-order valence-corrected chi connectivity index (χ4v) is 1.94. The van der Waals surface area contributed by atoms with Gasteiger partial charge in [-0.2, -0.15) is 0 Å². The van der Waals surface area contributed by atoms with Crippen molar-refractivity contribution < 1.29 is 4.74 Å². The summed E-state index contributed by atoms with van der Waals surface area (Å²) in [7, 11) is 0. The minimum Gasteiger partial charge on any atom is -0.380 e. The van der Waals surface area contributed by atoms with Gasteiger partial charge in [-0.1, -0.05) is 38.1 Å². The molecule has 1 saturated heterocycles. The molecule has 1 aliphatic rings. The van der Waals surface area contributed by atoms with Gasteiger partial charge in [-0.25, -0.2) is 0 Å². The maximum Gasteiger partial charge on any atom is 0.0545 e. The van der Waals surface area contributed by atoms with E-state index in [1.54, 1.807) is 0 Å². The van der Waals surface area contributed by atoms with E-state index in [1.165, 1.54) is 11.1 Å². The Morgan fingerprint density at radius 3 is 2.14 bits per heavy atom. The first-order valence-electron chi connectivity index (χ1n) is 5.37. The van der Waals surface area contributed by atoms with E-state index in [-0.39, 0.29) is 0 Å². The van der Waals surface area contributed by atoms with Gasteiger partial charge in [-0.05, 0) is 24.0 Å². The molecule has 0 aromatic heterocycles. The highest BCUT2D eigenvalue weighted by atomic mass is 16.5. The van der Waals surface area contributed by atoms with Crippen molar-refractivity contribution in [3.63, 3.8) is 0 Å². The van der Waals surface area contributed by atoms with Crippen LogP contribution in [-0.4, -0.2) is 13.2 Å². The van der Waals surface area contributed by atoms with Gasteiger partial charge >= 0.3 is 0 Å². The Labute approximate surface area is 86.1 Å². The summed E-state index contributed by atoms with van der Waals surface area (Å²) < 4.78 is 5.25. The molecule has 14 heavy (non-hydrogen) atoms. The molecule has 0 aliphatic carbocycles. The monoisotopic (exact) mass is 190 g/mol. The summed E-state index contributed by atoms with van der Waals surface area (Å²) in [6.45, 7) is 6.32. The molecule has 1 nitrogen and oxygen atoms in total. The molecule has 1 aromatic carbocycles. The Morgan fingerprint density at radius 1 is 1.14 bits per heavy atom. The maximum atomic E-state index is 5.25. The molecule has 1 heterocycles. The fraction of sp³-hybridized carbons (Fsp3) is 0.538. The lowest BCUT2D eigenvalue weighted by Gasteiger charge is -2.38. The number of aryl methyl sites for hydroxylation is 1. The van der Waals surface area contributed by atoms with Crippen molar-refractivity contribution in [2.75, 3.05) is 13.2 Å². The summed E-state index contributed by atoms with van der Waals surface area (Å²) >= 11 is 0. The zero-order chi connectivity index (χ0) is 10.0. The van der Waals surface area contributed by atoms with Crippen LogP contribution in [0.4, 0.5) is 0 Å². The summed E-state index contributed by atoms with van der Waals surface area (Å²) in [5, 5.41) is 0. The van der Waals surface area contributed by atoms with Gasteiger partial charge in [0.15, 0.2) is 0 Å². The highest BCUT2D eigenvalue weighted by Crippen LogP contribution is 2.30. The van der Waals surface area contributed by atoms with Crippen molar-refractivity contribution in [3.8, 4) is 0 Å². The summed E-state index contributed by atoms with van der Waals surface area (Å²) in [4.78, 5) is 0. The second-order valence-corrected chi connectivity index (χ2v) is 4.65. The van der Waals surface area contributed by atoms with E-state index in [4.69, 9.17) is 4.74 Å². The van der Waals surface area contributed by atoms with Crippen molar-refractivity contribution >= 4 is 0 Å². The Bertz CT molecular complexity index is 296. The van der Waals surface area contributed by atoms with Gasteiger partial charge in [0, 0.05) is 5.41 Å². The second kappa shape index (κ2) is 3.74. The van der Waals surface area contributed by atoms with Gasteiger partial charge in [0.05, 0.1) is 13.2 Å². The average Bonchev–Trinajstić information content (AvgIpc) is 2.17. The molecule has 0 bridgehead atoms. The molecule has 0 unspecified atom stereocenters. The van der Waals surface area contributed by atoms with Gasteiger partial charge in [0.2, 0.25) is 0 Å². The number of rotatable bonds is 3. The second-order valence-electron chi connectivity index (χ2n) is 4.65. The van der Waals surface area contributed by atoms with Gasteiger partial charge in [-0.3, -0.25) is 0 Å². The lowest BCUT2D eigenvalue weighted by Crippen LogP contribution is -2.41. The lowest BCUT2D eigenvalue weighted by atomic mass is 9.82. The van der Waals surface area contributed by atoms with Crippen LogP contribution in [-0.2, 0) is 17.6 Å². The molecule has 0 amide bonds. The van der Waals surface area contributed by atoms with Crippen molar-refractivity contribution in [1.29, 1.82) is 0 Å². The highest BCUT2D eigenvalue weighted by Gasteiger charge is 2.33. The quantitative estimate of drug-likeness (QED) is 0.712. The molecule has 0 radical (unpaired) electrons. The smallest absolute Gasteiger partial charge is 0.0545 e. The maximum absolute atomic E-state index is 5.25. The van der Waals surface area contributed by atoms with Gasteiger partial charge < -0.3 is 4.74 Å². The molecule has 1 aromatic rings. The summed E-state index contributed by atoms with van der Waals surface area (Å²) in [5.41, 5.74) is 3.25. The third-order valence-electron chi connectivity index (χ3n) is 2.96. The number of hydrogen-bond donors (Lipinski definition) is 0. The van der Waals surface area contributed by atoms with E-state index in [1.807, 2.05) is 0 Å². The zero-order valence-electron chi connectivity index (χ0n) is 9.05. The molecule has 1 aliphatic heterocycles. The Hall–Kier alpha value is -0.820. The van der Waals surface area contributed by atoms with Crippen molar-refractivity contribution in [2.24, 2.45) is 5.41 Å². The first kappa shape index (κ1) is 9.72.